The van der Waals surface area contributed by atoms with Crippen LogP contribution in [0.4, 0.5) is 5.13 Å². The van der Waals surface area contributed by atoms with Gasteiger partial charge in [0.2, 0.25) is 5.01 Å². The zero-order valence-electron chi connectivity index (χ0n) is 12.0. The van der Waals surface area contributed by atoms with Crippen LogP contribution in [-0.2, 0) is 4.74 Å². The lowest BCUT2D eigenvalue weighted by Gasteiger charge is -2.13. The summed E-state index contributed by atoms with van der Waals surface area (Å²) in [6.45, 7) is 3.85. The van der Waals surface area contributed by atoms with Crippen molar-refractivity contribution in [1.82, 2.24) is 15.3 Å². The molecule has 0 aromatic carbocycles. The van der Waals surface area contributed by atoms with Crippen LogP contribution in [0.5, 0.6) is 0 Å². The van der Waals surface area contributed by atoms with E-state index in [0.717, 1.165) is 36.3 Å². The average Bonchev–Trinajstić information content (AvgIpc) is 3.17. The van der Waals surface area contributed by atoms with Gasteiger partial charge in [-0.15, -0.1) is 22.7 Å². The van der Waals surface area contributed by atoms with Crippen molar-refractivity contribution in [2.24, 2.45) is 4.99 Å². The number of nitrogens with one attached hydrogen (secondary N) is 2. The van der Waals surface area contributed by atoms with Gasteiger partial charge in [-0.2, -0.15) is 0 Å². The van der Waals surface area contributed by atoms with Crippen molar-refractivity contribution in [2.45, 2.75) is 13.3 Å². The molecule has 0 atom stereocenters. The Morgan fingerprint density at radius 3 is 2.95 bits per heavy atom. The highest BCUT2D eigenvalue weighted by Gasteiger charge is 2.15. The van der Waals surface area contributed by atoms with Crippen LogP contribution in [0.15, 0.2) is 15.8 Å². The Balaban J connectivity index is 1.70. The highest BCUT2D eigenvalue weighted by molar-refractivity contribution is 7.14. The summed E-state index contributed by atoms with van der Waals surface area (Å²) < 4.78 is 4.94. The van der Waals surface area contributed by atoms with Crippen LogP contribution in [0, 0.1) is 0 Å². The molecule has 1 aliphatic rings. The first-order valence-electron chi connectivity index (χ1n) is 6.90. The van der Waals surface area contributed by atoms with Gasteiger partial charge >= 0.3 is 5.97 Å². The van der Waals surface area contributed by atoms with E-state index >= 15 is 0 Å². The van der Waals surface area contributed by atoms with E-state index in [2.05, 4.69) is 25.6 Å². The molecule has 0 saturated carbocycles. The molecule has 0 unspecified atom stereocenters. The largest absolute Gasteiger partial charge is 0.461 e. The zero-order chi connectivity index (χ0) is 15.4. The Labute approximate surface area is 135 Å². The normalized spacial score (nSPS) is 14.1. The molecule has 0 fully saturated rings. The van der Waals surface area contributed by atoms with Gasteiger partial charge in [0.05, 0.1) is 6.61 Å². The molecule has 0 aliphatic carbocycles. The molecule has 0 spiro atoms. The minimum Gasteiger partial charge on any atom is -0.461 e. The van der Waals surface area contributed by atoms with Crippen molar-refractivity contribution in [3.63, 3.8) is 0 Å². The van der Waals surface area contributed by atoms with Gasteiger partial charge in [0.1, 0.15) is 11.4 Å². The number of hydrogen-bond donors (Lipinski definition) is 2. The van der Waals surface area contributed by atoms with Crippen molar-refractivity contribution >= 4 is 39.7 Å². The number of aliphatic imine (C=N–C) groups is 1. The first-order chi connectivity index (χ1) is 10.8. The first-order valence-corrected chi connectivity index (χ1v) is 8.66. The van der Waals surface area contributed by atoms with E-state index in [-0.39, 0.29) is 0 Å². The Bertz CT molecular complexity index is 694. The van der Waals surface area contributed by atoms with E-state index in [1.165, 1.54) is 22.7 Å². The fraction of sp³-hybridized carbons (Fsp3) is 0.385. The number of nitrogens with zero attached hydrogens (tertiary/aromatic N) is 3. The number of ether oxygens (including phenoxy) is 1. The number of carbonyl (C=O) groups excluding carboxylic acids is 1. The van der Waals surface area contributed by atoms with E-state index in [4.69, 9.17) is 4.74 Å². The smallest absolute Gasteiger partial charge is 0.367 e. The number of hydrogen-bond acceptors (Lipinski definition) is 9. The molecule has 7 nitrogen and oxygen atoms in total. The van der Waals surface area contributed by atoms with Gasteiger partial charge < -0.3 is 15.4 Å². The quantitative estimate of drug-likeness (QED) is 0.832. The lowest BCUT2D eigenvalue weighted by atomic mass is 10.4. The molecule has 0 bridgehead atoms. The Kier molecular flexibility index (Phi) is 4.64. The zero-order valence-corrected chi connectivity index (χ0v) is 13.6. The van der Waals surface area contributed by atoms with Gasteiger partial charge in [-0.25, -0.2) is 14.8 Å². The molecule has 116 valence electrons. The SMILES string of the molecule is CCOC(=O)c1nc(-c2csc(NC3=NCCCN3)n2)cs1. The molecular formula is C13H15N5O2S2. The van der Waals surface area contributed by atoms with Gasteiger partial charge in [-0.3, -0.25) is 4.99 Å². The van der Waals surface area contributed by atoms with E-state index < -0.39 is 5.97 Å². The summed E-state index contributed by atoms with van der Waals surface area (Å²) in [5.74, 6) is 0.353. The Hall–Kier alpha value is -2.00. The monoisotopic (exact) mass is 337 g/mol. The number of anilines is 1. The van der Waals surface area contributed by atoms with Gasteiger partial charge in [-0.1, -0.05) is 0 Å². The summed E-state index contributed by atoms with van der Waals surface area (Å²) >= 11 is 2.73. The molecule has 0 saturated heterocycles. The first kappa shape index (κ1) is 14.9. The van der Waals surface area contributed by atoms with E-state index in [0.29, 0.717) is 17.3 Å². The van der Waals surface area contributed by atoms with Gasteiger partial charge in [0.15, 0.2) is 11.1 Å². The van der Waals surface area contributed by atoms with Crippen molar-refractivity contribution in [1.29, 1.82) is 0 Å². The van der Waals surface area contributed by atoms with Crippen LogP contribution >= 0.6 is 22.7 Å². The van der Waals surface area contributed by atoms with Crippen LogP contribution in [0.25, 0.3) is 11.4 Å². The second-order valence-electron chi connectivity index (χ2n) is 4.43. The minimum atomic E-state index is -0.395. The molecule has 2 aromatic rings. The van der Waals surface area contributed by atoms with Gasteiger partial charge in [0.25, 0.3) is 0 Å². The van der Waals surface area contributed by atoms with Crippen LogP contribution in [0.2, 0.25) is 0 Å². The molecule has 3 rings (SSSR count). The van der Waals surface area contributed by atoms with Crippen molar-refractivity contribution in [3.05, 3.63) is 15.8 Å². The molecule has 1 aliphatic heterocycles. The minimum absolute atomic E-state index is 0.341. The van der Waals surface area contributed by atoms with Crippen LogP contribution in [0.3, 0.4) is 0 Å². The van der Waals surface area contributed by atoms with E-state index in [9.17, 15) is 4.79 Å². The van der Waals surface area contributed by atoms with Crippen molar-refractivity contribution in [2.75, 3.05) is 25.0 Å². The standard InChI is InChI=1S/C13H15N5O2S2/c1-2-20-11(19)10-16-8(6-21-10)9-7-22-13(17-9)18-12-14-4-3-5-15-12/h6-7H,2-5H2,1H3,(H2,14,15,17,18). The van der Waals surface area contributed by atoms with Crippen LogP contribution in [-0.4, -0.2) is 41.6 Å². The Morgan fingerprint density at radius 1 is 1.36 bits per heavy atom. The van der Waals surface area contributed by atoms with Crippen molar-refractivity contribution in [3.8, 4) is 11.4 Å². The summed E-state index contributed by atoms with van der Waals surface area (Å²) in [5, 5.41) is 11.1. The third kappa shape index (κ3) is 3.42. The third-order valence-corrected chi connectivity index (χ3v) is 4.42. The summed E-state index contributed by atoms with van der Waals surface area (Å²) in [5.41, 5.74) is 1.41. The number of esters is 1. The summed E-state index contributed by atoms with van der Waals surface area (Å²) in [6.07, 6.45) is 1.05. The second kappa shape index (κ2) is 6.84. The summed E-state index contributed by atoms with van der Waals surface area (Å²) in [7, 11) is 0. The van der Waals surface area contributed by atoms with Crippen LogP contribution in [0.1, 0.15) is 23.1 Å². The summed E-state index contributed by atoms with van der Waals surface area (Å²) in [6, 6.07) is 0. The predicted molar refractivity (Wildman–Crippen MR) is 87.7 cm³/mol. The maximum Gasteiger partial charge on any atom is 0.367 e. The molecule has 9 heteroatoms. The number of rotatable bonds is 4. The molecule has 0 amide bonds. The maximum atomic E-state index is 11.6. The average molecular weight is 337 g/mol. The molecule has 2 aromatic heterocycles. The van der Waals surface area contributed by atoms with Gasteiger partial charge in [0, 0.05) is 23.8 Å². The number of guanidine groups is 1. The van der Waals surface area contributed by atoms with Crippen molar-refractivity contribution < 1.29 is 9.53 Å². The number of carbonyl (C=O) groups is 1. The highest BCUT2D eigenvalue weighted by Crippen LogP contribution is 2.26. The van der Waals surface area contributed by atoms with Gasteiger partial charge in [-0.05, 0) is 13.3 Å². The Morgan fingerprint density at radius 2 is 2.18 bits per heavy atom. The molecule has 2 N–H and O–H groups in total. The molecule has 0 radical (unpaired) electrons. The third-order valence-electron chi connectivity index (χ3n) is 2.84. The lowest BCUT2D eigenvalue weighted by Crippen LogP contribution is -2.35. The fourth-order valence-electron chi connectivity index (χ4n) is 1.84. The van der Waals surface area contributed by atoms with E-state index in [1.807, 2.05) is 10.8 Å². The van der Waals surface area contributed by atoms with Crippen LogP contribution < -0.4 is 10.6 Å². The highest BCUT2D eigenvalue weighted by atomic mass is 32.1. The topological polar surface area (TPSA) is 88.5 Å². The lowest BCUT2D eigenvalue weighted by molar-refractivity contribution is 0.0526. The fourth-order valence-corrected chi connectivity index (χ4v) is 3.25. The molecule has 3 heterocycles. The van der Waals surface area contributed by atoms with E-state index in [1.54, 1.807) is 6.92 Å². The second-order valence-corrected chi connectivity index (χ2v) is 6.15. The number of aromatic nitrogens is 2. The molecule has 22 heavy (non-hydrogen) atoms. The number of thiazole rings is 2. The molecular weight excluding hydrogens is 322 g/mol. The maximum absolute atomic E-state index is 11.6. The predicted octanol–water partition coefficient (Wildman–Crippen LogP) is 2.20. The summed E-state index contributed by atoms with van der Waals surface area (Å²) in [4.78, 5) is 24.7.